The molecule has 2 aromatic heterocycles. The third kappa shape index (κ3) is 2.17. The van der Waals surface area contributed by atoms with Crippen LogP contribution in [0.15, 0.2) is 55.0 Å². The number of imidazole rings is 1. The SMILES string of the molecule is Clc1cc(NCc2ccccc2)c2nccn2c1. The van der Waals surface area contributed by atoms with Gasteiger partial charge in [-0.15, -0.1) is 0 Å². The summed E-state index contributed by atoms with van der Waals surface area (Å²) in [6.07, 6.45) is 5.49. The number of pyridine rings is 1. The summed E-state index contributed by atoms with van der Waals surface area (Å²) in [5, 5.41) is 4.05. The molecule has 0 aliphatic rings. The van der Waals surface area contributed by atoms with E-state index in [1.54, 1.807) is 6.20 Å². The number of rotatable bonds is 3. The maximum Gasteiger partial charge on any atom is 0.160 e. The first-order valence-electron chi connectivity index (χ1n) is 5.73. The summed E-state index contributed by atoms with van der Waals surface area (Å²) in [5.74, 6) is 0. The van der Waals surface area contributed by atoms with Crippen LogP contribution in [0.5, 0.6) is 0 Å². The molecule has 90 valence electrons. The summed E-state index contributed by atoms with van der Waals surface area (Å²) in [6.45, 7) is 0.754. The zero-order valence-electron chi connectivity index (χ0n) is 9.68. The molecule has 3 rings (SSSR count). The Labute approximate surface area is 110 Å². The van der Waals surface area contributed by atoms with Gasteiger partial charge in [0.25, 0.3) is 0 Å². The summed E-state index contributed by atoms with van der Waals surface area (Å²) in [5.41, 5.74) is 3.05. The molecule has 2 heterocycles. The van der Waals surface area contributed by atoms with E-state index in [0.29, 0.717) is 5.02 Å². The largest absolute Gasteiger partial charge is 0.378 e. The van der Waals surface area contributed by atoms with Crippen LogP contribution in [0.1, 0.15) is 5.56 Å². The van der Waals surface area contributed by atoms with Crippen molar-refractivity contribution >= 4 is 22.9 Å². The molecular weight excluding hydrogens is 246 g/mol. The lowest BCUT2D eigenvalue weighted by Crippen LogP contribution is -2.01. The Morgan fingerprint density at radius 2 is 2.06 bits per heavy atom. The number of benzene rings is 1. The number of fused-ring (bicyclic) bond motifs is 1. The fraction of sp³-hybridized carbons (Fsp3) is 0.0714. The molecule has 0 aliphatic heterocycles. The van der Waals surface area contributed by atoms with Crippen molar-refractivity contribution in [3.05, 3.63) is 65.6 Å². The molecule has 0 spiro atoms. The van der Waals surface area contributed by atoms with Crippen LogP contribution in [-0.4, -0.2) is 9.38 Å². The summed E-state index contributed by atoms with van der Waals surface area (Å²) < 4.78 is 1.91. The Kier molecular flexibility index (Phi) is 2.90. The molecule has 1 aromatic carbocycles. The normalized spacial score (nSPS) is 10.7. The van der Waals surface area contributed by atoms with Gasteiger partial charge >= 0.3 is 0 Å². The predicted octanol–water partition coefficient (Wildman–Crippen LogP) is 3.60. The fourth-order valence-corrected chi connectivity index (χ4v) is 2.14. The lowest BCUT2D eigenvalue weighted by atomic mass is 10.2. The van der Waals surface area contributed by atoms with Crippen molar-refractivity contribution in [3.63, 3.8) is 0 Å². The first kappa shape index (κ1) is 11.1. The van der Waals surface area contributed by atoms with E-state index < -0.39 is 0 Å². The van der Waals surface area contributed by atoms with Gasteiger partial charge in [-0.05, 0) is 11.6 Å². The average molecular weight is 258 g/mol. The van der Waals surface area contributed by atoms with Crippen molar-refractivity contribution in [2.45, 2.75) is 6.54 Å². The highest BCUT2D eigenvalue weighted by Crippen LogP contribution is 2.21. The lowest BCUT2D eigenvalue weighted by Gasteiger charge is -2.08. The molecule has 0 fully saturated rings. The number of hydrogen-bond acceptors (Lipinski definition) is 2. The van der Waals surface area contributed by atoms with E-state index in [1.165, 1.54) is 5.56 Å². The van der Waals surface area contributed by atoms with Crippen molar-refractivity contribution in [2.75, 3.05) is 5.32 Å². The molecular formula is C14H12ClN3. The molecule has 0 atom stereocenters. The van der Waals surface area contributed by atoms with Gasteiger partial charge in [-0.2, -0.15) is 0 Å². The number of hydrogen-bond donors (Lipinski definition) is 1. The van der Waals surface area contributed by atoms with Gasteiger partial charge in [0.15, 0.2) is 5.65 Å². The number of nitrogens with zero attached hydrogens (tertiary/aromatic N) is 2. The van der Waals surface area contributed by atoms with Gasteiger partial charge in [0.05, 0.1) is 10.7 Å². The Bertz CT molecular complexity index is 661. The van der Waals surface area contributed by atoms with E-state index in [1.807, 2.05) is 41.1 Å². The predicted molar refractivity (Wildman–Crippen MR) is 74.0 cm³/mol. The summed E-state index contributed by atoms with van der Waals surface area (Å²) in [4.78, 5) is 4.31. The number of nitrogens with one attached hydrogen (secondary N) is 1. The van der Waals surface area contributed by atoms with Crippen LogP contribution in [0.3, 0.4) is 0 Å². The highest BCUT2D eigenvalue weighted by molar-refractivity contribution is 6.30. The van der Waals surface area contributed by atoms with Crippen molar-refractivity contribution in [1.29, 1.82) is 0 Å². The molecule has 0 radical (unpaired) electrons. The first-order chi connectivity index (χ1) is 8.83. The zero-order chi connectivity index (χ0) is 12.4. The first-order valence-corrected chi connectivity index (χ1v) is 6.11. The Morgan fingerprint density at radius 3 is 2.89 bits per heavy atom. The van der Waals surface area contributed by atoms with Gasteiger partial charge in [0, 0.05) is 25.1 Å². The molecule has 4 heteroatoms. The minimum Gasteiger partial charge on any atom is -0.378 e. The molecule has 0 bridgehead atoms. The topological polar surface area (TPSA) is 29.3 Å². The Balaban J connectivity index is 1.88. The van der Waals surface area contributed by atoms with E-state index in [-0.39, 0.29) is 0 Å². The number of halogens is 1. The maximum atomic E-state index is 6.07. The lowest BCUT2D eigenvalue weighted by molar-refractivity contribution is 1.12. The highest BCUT2D eigenvalue weighted by atomic mass is 35.5. The molecule has 0 aliphatic carbocycles. The maximum absolute atomic E-state index is 6.07. The van der Waals surface area contributed by atoms with Crippen LogP contribution in [0, 0.1) is 0 Å². The van der Waals surface area contributed by atoms with Crippen molar-refractivity contribution in [2.24, 2.45) is 0 Å². The summed E-state index contributed by atoms with van der Waals surface area (Å²) >= 11 is 6.07. The molecule has 0 amide bonds. The van der Waals surface area contributed by atoms with Crippen molar-refractivity contribution < 1.29 is 0 Å². The monoisotopic (exact) mass is 257 g/mol. The summed E-state index contributed by atoms with van der Waals surface area (Å²) in [7, 11) is 0. The van der Waals surface area contributed by atoms with Gasteiger partial charge in [-0.1, -0.05) is 41.9 Å². The zero-order valence-corrected chi connectivity index (χ0v) is 10.4. The second-order valence-corrected chi connectivity index (χ2v) is 4.51. The van der Waals surface area contributed by atoms with Gasteiger partial charge in [-0.25, -0.2) is 4.98 Å². The van der Waals surface area contributed by atoms with Crippen LogP contribution in [0.4, 0.5) is 5.69 Å². The van der Waals surface area contributed by atoms with Gasteiger partial charge in [-0.3, -0.25) is 0 Å². The van der Waals surface area contributed by atoms with Gasteiger partial charge in [0.1, 0.15) is 0 Å². The summed E-state index contributed by atoms with van der Waals surface area (Å²) in [6, 6.07) is 12.1. The van der Waals surface area contributed by atoms with Gasteiger partial charge < -0.3 is 9.72 Å². The molecule has 18 heavy (non-hydrogen) atoms. The number of anilines is 1. The van der Waals surface area contributed by atoms with E-state index in [4.69, 9.17) is 11.6 Å². The molecule has 3 aromatic rings. The van der Waals surface area contributed by atoms with Crippen molar-refractivity contribution in [3.8, 4) is 0 Å². The quantitative estimate of drug-likeness (QED) is 0.777. The second kappa shape index (κ2) is 4.70. The van der Waals surface area contributed by atoms with Crippen LogP contribution in [0.2, 0.25) is 5.02 Å². The minimum atomic E-state index is 0.691. The fourth-order valence-electron chi connectivity index (χ4n) is 1.92. The Hall–Kier alpha value is -2.00. The van der Waals surface area contributed by atoms with E-state index >= 15 is 0 Å². The Morgan fingerprint density at radius 1 is 1.22 bits per heavy atom. The van der Waals surface area contributed by atoms with Crippen molar-refractivity contribution in [1.82, 2.24) is 9.38 Å². The van der Waals surface area contributed by atoms with E-state index in [2.05, 4.69) is 22.4 Å². The minimum absolute atomic E-state index is 0.691. The van der Waals surface area contributed by atoms with Crippen LogP contribution < -0.4 is 5.32 Å². The van der Waals surface area contributed by atoms with Crippen LogP contribution >= 0.6 is 11.6 Å². The molecule has 0 saturated carbocycles. The standard InChI is InChI=1S/C14H12ClN3/c15-12-8-13(14-16-6-7-18(14)10-12)17-9-11-4-2-1-3-5-11/h1-8,10,17H,9H2. The van der Waals surface area contributed by atoms with E-state index in [0.717, 1.165) is 17.9 Å². The average Bonchev–Trinajstić information content (AvgIpc) is 2.85. The smallest absolute Gasteiger partial charge is 0.160 e. The third-order valence-corrected chi connectivity index (χ3v) is 2.99. The second-order valence-electron chi connectivity index (χ2n) is 4.07. The van der Waals surface area contributed by atoms with Gasteiger partial charge in [0.2, 0.25) is 0 Å². The van der Waals surface area contributed by atoms with E-state index in [9.17, 15) is 0 Å². The number of aromatic nitrogens is 2. The molecule has 3 nitrogen and oxygen atoms in total. The highest BCUT2D eigenvalue weighted by Gasteiger charge is 2.04. The molecule has 0 unspecified atom stereocenters. The van der Waals surface area contributed by atoms with Crippen LogP contribution in [-0.2, 0) is 6.54 Å². The molecule has 0 saturated heterocycles. The molecule has 1 N–H and O–H groups in total. The van der Waals surface area contributed by atoms with Crippen LogP contribution in [0.25, 0.3) is 5.65 Å². The third-order valence-electron chi connectivity index (χ3n) is 2.78.